The van der Waals surface area contributed by atoms with Crippen molar-refractivity contribution in [2.45, 2.75) is 13.0 Å². The Kier molecular flexibility index (Phi) is 6.29. The molecule has 0 fully saturated rings. The minimum absolute atomic E-state index is 0.121. The van der Waals surface area contributed by atoms with Gasteiger partial charge in [0.05, 0.1) is 22.7 Å². The van der Waals surface area contributed by atoms with Crippen LogP contribution >= 0.6 is 11.3 Å². The summed E-state index contributed by atoms with van der Waals surface area (Å²) < 4.78 is 24.6. The third-order valence-corrected chi connectivity index (χ3v) is 5.84. The molecule has 6 nitrogen and oxygen atoms in total. The van der Waals surface area contributed by atoms with Crippen molar-refractivity contribution in [3.05, 3.63) is 81.3 Å². The number of nitrogens with one attached hydrogen (secondary N) is 1. The first-order chi connectivity index (χ1) is 15.0. The SMILES string of the molecule is CN(C(=O)c1cccs1)c1ccccc1C(=O)NCCc1cc(F)cc2c1OCOC2. The van der Waals surface area contributed by atoms with Crippen LogP contribution in [0.25, 0.3) is 0 Å². The zero-order valence-electron chi connectivity index (χ0n) is 16.9. The molecule has 2 heterocycles. The molecule has 0 bridgehead atoms. The van der Waals surface area contributed by atoms with Crippen molar-refractivity contribution < 1.29 is 23.5 Å². The molecular weight excluding hydrogens is 419 g/mol. The highest BCUT2D eigenvalue weighted by molar-refractivity contribution is 7.12. The highest BCUT2D eigenvalue weighted by Crippen LogP contribution is 2.29. The molecule has 0 saturated heterocycles. The third-order valence-electron chi connectivity index (χ3n) is 4.98. The number of fused-ring (bicyclic) bond motifs is 1. The maximum absolute atomic E-state index is 13.9. The van der Waals surface area contributed by atoms with Gasteiger partial charge in [0.2, 0.25) is 0 Å². The van der Waals surface area contributed by atoms with Gasteiger partial charge in [0, 0.05) is 19.2 Å². The number of para-hydroxylation sites is 1. The Hall–Kier alpha value is -3.23. The molecule has 160 valence electrons. The number of anilines is 1. The Morgan fingerprint density at radius 1 is 1.19 bits per heavy atom. The topological polar surface area (TPSA) is 67.9 Å². The minimum atomic E-state index is -0.367. The minimum Gasteiger partial charge on any atom is -0.467 e. The van der Waals surface area contributed by atoms with Crippen LogP contribution in [-0.2, 0) is 17.8 Å². The number of hydrogen-bond donors (Lipinski definition) is 1. The van der Waals surface area contributed by atoms with E-state index >= 15 is 0 Å². The van der Waals surface area contributed by atoms with E-state index in [0.717, 1.165) is 0 Å². The molecule has 0 atom stereocenters. The Morgan fingerprint density at radius 2 is 2.03 bits per heavy atom. The van der Waals surface area contributed by atoms with Gasteiger partial charge in [0.15, 0.2) is 6.79 Å². The number of hydrogen-bond acceptors (Lipinski definition) is 5. The van der Waals surface area contributed by atoms with Gasteiger partial charge in [0.25, 0.3) is 11.8 Å². The molecule has 1 N–H and O–H groups in total. The van der Waals surface area contributed by atoms with Crippen molar-refractivity contribution in [1.82, 2.24) is 5.32 Å². The predicted octanol–water partition coefficient (Wildman–Crippen LogP) is 4.00. The van der Waals surface area contributed by atoms with Crippen molar-refractivity contribution in [3.63, 3.8) is 0 Å². The van der Waals surface area contributed by atoms with Crippen LogP contribution in [0.5, 0.6) is 5.75 Å². The summed E-state index contributed by atoms with van der Waals surface area (Å²) in [5.74, 6) is -0.242. The lowest BCUT2D eigenvalue weighted by atomic mass is 10.0. The maximum Gasteiger partial charge on any atom is 0.268 e. The summed E-state index contributed by atoms with van der Waals surface area (Å²) in [5.41, 5.74) is 2.24. The second-order valence-electron chi connectivity index (χ2n) is 7.03. The summed E-state index contributed by atoms with van der Waals surface area (Å²) >= 11 is 1.35. The molecule has 0 aliphatic carbocycles. The van der Waals surface area contributed by atoms with E-state index in [0.29, 0.717) is 46.0 Å². The van der Waals surface area contributed by atoms with E-state index in [1.54, 1.807) is 37.4 Å². The fraction of sp³-hybridized carbons (Fsp3) is 0.217. The zero-order valence-corrected chi connectivity index (χ0v) is 17.7. The van der Waals surface area contributed by atoms with Crippen LogP contribution in [0, 0.1) is 5.82 Å². The molecule has 3 aromatic rings. The molecule has 1 aliphatic rings. The average Bonchev–Trinajstić information content (AvgIpc) is 3.33. The summed E-state index contributed by atoms with van der Waals surface area (Å²) in [7, 11) is 1.65. The molecule has 4 rings (SSSR count). The van der Waals surface area contributed by atoms with Gasteiger partial charge in [-0.2, -0.15) is 0 Å². The molecular formula is C23H21FN2O4S. The number of benzene rings is 2. The molecule has 1 aliphatic heterocycles. The summed E-state index contributed by atoms with van der Waals surface area (Å²) in [6.07, 6.45) is 0.401. The molecule has 0 unspecified atom stereocenters. The van der Waals surface area contributed by atoms with Crippen LogP contribution in [0.1, 0.15) is 31.2 Å². The van der Waals surface area contributed by atoms with Crippen molar-refractivity contribution in [2.75, 3.05) is 25.3 Å². The van der Waals surface area contributed by atoms with Crippen LogP contribution in [0.2, 0.25) is 0 Å². The summed E-state index contributed by atoms with van der Waals surface area (Å²) in [6, 6.07) is 13.3. The molecule has 31 heavy (non-hydrogen) atoms. The molecule has 1 aromatic heterocycles. The largest absolute Gasteiger partial charge is 0.467 e. The molecule has 0 radical (unpaired) electrons. The number of thiophene rings is 1. The van der Waals surface area contributed by atoms with Crippen molar-refractivity contribution in [2.24, 2.45) is 0 Å². The average molecular weight is 440 g/mol. The molecule has 0 spiro atoms. The Bertz CT molecular complexity index is 1100. The lowest BCUT2D eigenvalue weighted by molar-refractivity contribution is -0.0172. The number of rotatable bonds is 6. The Labute approximate surface area is 183 Å². The lowest BCUT2D eigenvalue weighted by Gasteiger charge is -2.21. The highest BCUT2D eigenvalue weighted by Gasteiger charge is 2.21. The maximum atomic E-state index is 13.9. The second-order valence-corrected chi connectivity index (χ2v) is 7.98. The molecule has 0 saturated carbocycles. The summed E-state index contributed by atoms with van der Waals surface area (Å²) in [4.78, 5) is 27.6. The molecule has 2 amide bonds. The smallest absolute Gasteiger partial charge is 0.268 e. The van der Waals surface area contributed by atoms with Crippen LogP contribution in [0.15, 0.2) is 53.9 Å². The number of halogens is 1. The van der Waals surface area contributed by atoms with E-state index in [2.05, 4.69) is 5.32 Å². The van der Waals surface area contributed by atoms with Gasteiger partial charge in [-0.15, -0.1) is 11.3 Å². The Morgan fingerprint density at radius 3 is 2.84 bits per heavy atom. The first-order valence-corrected chi connectivity index (χ1v) is 10.6. The molecule has 2 aromatic carbocycles. The van der Waals surface area contributed by atoms with E-state index in [1.165, 1.54) is 28.4 Å². The van der Waals surface area contributed by atoms with E-state index in [-0.39, 0.29) is 31.0 Å². The fourth-order valence-corrected chi connectivity index (χ4v) is 4.18. The van der Waals surface area contributed by atoms with Crippen LogP contribution in [0.4, 0.5) is 10.1 Å². The van der Waals surface area contributed by atoms with E-state index in [1.807, 2.05) is 11.4 Å². The van der Waals surface area contributed by atoms with Crippen molar-refractivity contribution >= 4 is 28.8 Å². The van der Waals surface area contributed by atoms with Gasteiger partial charge in [-0.1, -0.05) is 18.2 Å². The Balaban J connectivity index is 1.46. The second kappa shape index (κ2) is 9.28. The normalized spacial score (nSPS) is 12.6. The predicted molar refractivity (Wildman–Crippen MR) is 116 cm³/mol. The number of ether oxygens (including phenoxy) is 2. The first-order valence-electron chi connectivity index (χ1n) is 9.75. The summed E-state index contributed by atoms with van der Waals surface area (Å²) in [6.45, 7) is 0.705. The van der Waals surface area contributed by atoms with E-state index in [4.69, 9.17) is 9.47 Å². The standard InChI is InChI=1S/C23H21FN2O4S/c1-26(23(28)20-7-4-10-31-20)19-6-3-2-5-18(19)22(27)25-9-8-15-11-17(24)12-16-13-29-14-30-21(15)16/h2-7,10-12H,8-9,13-14H2,1H3,(H,25,27). The number of amides is 2. The monoisotopic (exact) mass is 440 g/mol. The van der Waals surface area contributed by atoms with Gasteiger partial charge in [-0.25, -0.2) is 4.39 Å². The van der Waals surface area contributed by atoms with Crippen molar-refractivity contribution in [1.29, 1.82) is 0 Å². The number of nitrogens with zero attached hydrogens (tertiary/aromatic N) is 1. The first kappa shape index (κ1) is 21.0. The third kappa shape index (κ3) is 4.60. The van der Waals surface area contributed by atoms with Gasteiger partial charge >= 0.3 is 0 Å². The van der Waals surface area contributed by atoms with Crippen molar-refractivity contribution in [3.8, 4) is 5.75 Å². The zero-order chi connectivity index (χ0) is 21.8. The van der Waals surface area contributed by atoms with Crippen LogP contribution < -0.4 is 15.0 Å². The van der Waals surface area contributed by atoms with Crippen LogP contribution in [-0.4, -0.2) is 32.2 Å². The van der Waals surface area contributed by atoms with Gasteiger partial charge in [-0.3, -0.25) is 9.59 Å². The highest BCUT2D eigenvalue weighted by atomic mass is 32.1. The van der Waals surface area contributed by atoms with Gasteiger partial charge < -0.3 is 19.7 Å². The summed E-state index contributed by atoms with van der Waals surface area (Å²) in [5, 5.41) is 4.69. The quantitative estimate of drug-likeness (QED) is 0.629. The lowest BCUT2D eigenvalue weighted by Crippen LogP contribution is -2.31. The fourth-order valence-electron chi connectivity index (χ4n) is 3.48. The molecule has 8 heteroatoms. The van der Waals surface area contributed by atoms with Crippen LogP contribution in [0.3, 0.4) is 0 Å². The number of carbonyl (C=O) groups excluding carboxylic acids is 2. The number of carbonyl (C=O) groups is 2. The van der Waals surface area contributed by atoms with E-state index in [9.17, 15) is 14.0 Å². The van der Waals surface area contributed by atoms with E-state index < -0.39 is 0 Å². The van der Waals surface area contributed by atoms with Gasteiger partial charge in [0.1, 0.15) is 11.6 Å². The van der Waals surface area contributed by atoms with Gasteiger partial charge in [-0.05, 0) is 47.7 Å².